The summed E-state index contributed by atoms with van der Waals surface area (Å²) in [6.45, 7) is 26.0. The molecule has 0 aliphatic carbocycles. The predicted octanol–water partition coefficient (Wildman–Crippen LogP) is 6.67. The molecule has 2 heterocycles. The summed E-state index contributed by atoms with van der Waals surface area (Å²) in [6, 6.07) is 0. The van der Waals surface area contributed by atoms with Crippen molar-refractivity contribution >= 4 is 44.6 Å². The molecule has 0 bridgehead atoms. The quantitative estimate of drug-likeness (QED) is 0.324. The number of halogens is 1. The first-order valence-corrected chi connectivity index (χ1v) is 16.3. The minimum absolute atomic E-state index is 0.00676. The molecule has 0 saturated carbocycles. The topological polar surface area (TPSA) is 27.7 Å². The van der Waals surface area contributed by atoms with Gasteiger partial charge in [-0.25, -0.2) is 0 Å². The summed E-state index contributed by atoms with van der Waals surface area (Å²) in [5.74, 6) is 0. The lowest BCUT2D eigenvalue weighted by molar-refractivity contribution is -0.0229. The van der Waals surface area contributed by atoms with Gasteiger partial charge in [-0.2, -0.15) is 0 Å². The van der Waals surface area contributed by atoms with E-state index in [9.17, 15) is 0 Å². The van der Waals surface area contributed by atoms with E-state index in [1.54, 1.807) is 0 Å². The number of thioether (sulfide) groups is 1. The lowest BCUT2D eigenvalue weighted by atomic mass is 10.2. The third kappa shape index (κ3) is 4.05. The zero-order valence-electron chi connectivity index (χ0n) is 18.5. The molecule has 0 unspecified atom stereocenters. The van der Waals surface area contributed by atoms with Gasteiger partial charge in [0.05, 0.1) is 28.2 Å². The Morgan fingerprint density at radius 1 is 1.00 bits per heavy atom. The van der Waals surface area contributed by atoms with E-state index in [2.05, 4.69) is 91.3 Å². The number of hydrogen-bond donors (Lipinski definition) is 0. The maximum Gasteiger partial charge on any atom is 0.349 e. The smallest absolute Gasteiger partial charge is 0.349 e. The van der Waals surface area contributed by atoms with Crippen LogP contribution in [0.1, 0.15) is 62.3 Å². The summed E-state index contributed by atoms with van der Waals surface area (Å²) in [6.07, 6.45) is 0.198. The van der Waals surface area contributed by atoms with E-state index in [0.29, 0.717) is 5.25 Å². The van der Waals surface area contributed by atoms with Crippen LogP contribution < -0.4 is 0 Å². The van der Waals surface area contributed by atoms with Gasteiger partial charge in [0.2, 0.25) is 0 Å². The molecule has 154 valence electrons. The Labute approximate surface area is 176 Å². The molecule has 4 atom stereocenters. The van der Waals surface area contributed by atoms with Crippen molar-refractivity contribution in [2.45, 2.75) is 112 Å². The Balaban J connectivity index is 2.35. The van der Waals surface area contributed by atoms with E-state index in [1.165, 1.54) is 0 Å². The van der Waals surface area contributed by atoms with Crippen LogP contribution in [-0.4, -0.2) is 45.1 Å². The fourth-order valence-electron chi connectivity index (χ4n) is 3.93. The molecule has 0 aromatic carbocycles. The Kier molecular flexibility index (Phi) is 6.42. The normalized spacial score (nSPS) is 33.2. The highest BCUT2D eigenvalue weighted by atomic mass is 79.9. The maximum atomic E-state index is 7.03. The van der Waals surface area contributed by atoms with Crippen LogP contribution in [0.4, 0.5) is 0 Å². The van der Waals surface area contributed by atoms with Gasteiger partial charge in [-0.15, -0.1) is 11.8 Å². The van der Waals surface area contributed by atoms with Gasteiger partial charge in [-0.1, -0.05) is 78.2 Å². The minimum Gasteiger partial charge on any atom is -0.409 e. The Hall–Kier alpha value is 1.14. The van der Waals surface area contributed by atoms with Gasteiger partial charge in [0, 0.05) is 10.1 Å². The highest BCUT2D eigenvalue weighted by Crippen LogP contribution is 2.58. The van der Waals surface area contributed by atoms with Gasteiger partial charge in [-0.3, -0.25) is 0 Å². The summed E-state index contributed by atoms with van der Waals surface area (Å²) in [7, 11) is -4.34. The van der Waals surface area contributed by atoms with E-state index in [1.807, 2.05) is 11.8 Å². The molecule has 0 aromatic heterocycles. The molecule has 2 aliphatic rings. The number of hydrogen-bond acceptors (Lipinski definition) is 4. The maximum absolute atomic E-state index is 7.03. The van der Waals surface area contributed by atoms with Crippen LogP contribution >= 0.6 is 27.7 Å². The molecule has 2 aliphatic heterocycles. The lowest BCUT2D eigenvalue weighted by Crippen LogP contribution is -2.65. The van der Waals surface area contributed by atoms with Crippen LogP contribution in [0, 0.1) is 0 Å². The monoisotopic (exact) mass is 482 g/mol. The second-order valence-corrected chi connectivity index (χ2v) is 23.9. The predicted molar refractivity (Wildman–Crippen MR) is 122 cm³/mol. The number of fused-ring (bicyclic) bond motifs is 1. The van der Waals surface area contributed by atoms with Crippen LogP contribution in [0.25, 0.3) is 0 Å². The first-order chi connectivity index (χ1) is 11.4. The largest absolute Gasteiger partial charge is 0.409 e. The molecule has 0 amide bonds. The summed E-state index contributed by atoms with van der Waals surface area (Å²) in [5.41, 5.74) is 0. The average Bonchev–Trinajstić information content (AvgIpc) is 2.70. The van der Waals surface area contributed by atoms with Crippen molar-refractivity contribution in [1.29, 1.82) is 0 Å². The van der Waals surface area contributed by atoms with Gasteiger partial charge in [0.15, 0.2) is 8.32 Å². The van der Waals surface area contributed by atoms with Crippen molar-refractivity contribution < 1.29 is 13.3 Å². The molecule has 0 aromatic rings. The highest BCUT2D eigenvalue weighted by Gasteiger charge is 2.65. The van der Waals surface area contributed by atoms with Crippen molar-refractivity contribution in [2.75, 3.05) is 6.61 Å². The van der Waals surface area contributed by atoms with Crippen LogP contribution in [-0.2, 0) is 13.3 Å². The molecule has 2 rings (SSSR count). The van der Waals surface area contributed by atoms with Gasteiger partial charge < -0.3 is 13.3 Å². The standard InChI is InChI=1S/C19H39BrO3SSi2/c1-17(2,3)25(10,11)22-15-14-13(24-16(15)20)12-21-26(23-14,18(4,5)6)19(7,8)9/h13-16H,12H2,1-11H3/t13-,14-,15-,16-/m1/s1. The van der Waals surface area contributed by atoms with Gasteiger partial charge in [0.1, 0.15) is 0 Å². The summed E-state index contributed by atoms with van der Waals surface area (Å²) in [5, 5.41) is 0.551. The molecule has 7 heteroatoms. The van der Waals surface area contributed by atoms with Crippen LogP contribution in [0.15, 0.2) is 0 Å². The lowest BCUT2D eigenvalue weighted by Gasteiger charge is -2.54. The number of rotatable bonds is 2. The number of alkyl halides is 1. The van der Waals surface area contributed by atoms with Crippen LogP contribution in [0.3, 0.4) is 0 Å². The first-order valence-electron chi connectivity index (χ1n) is 9.72. The second-order valence-electron chi connectivity index (χ2n) is 11.4. The molecule has 2 fully saturated rings. The Morgan fingerprint density at radius 3 is 1.92 bits per heavy atom. The third-order valence-electron chi connectivity index (χ3n) is 6.22. The molecular weight excluding hydrogens is 444 g/mol. The second kappa shape index (κ2) is 7.13. The zero-order valence-corrected chi connectivity index (χ0v) is 22.9. The molecule has 0 N–H and O–H groups in total. The van der Waals surface area contributed by atoms with E-state index in [-0.39, 0.29) is 31.5 Å². The summed E-state index contributed by atoms with van der Waals surface area (Å²) in [4.78, 5) is 0. The fourth-order valence-corrected chi connectivity index (χ4v) is 13.2. The average molecular weight is 484 g/mol. The van der Waals surface area contributed by atoms with Gasteiger partial charge >= 0.3 is 8.56 Å². The zero-order chi connectivity index (χ0) is 20.3. The SMILES string of the molecule is CC(C)(C)[Si](C)(C)O[C@@H]1[C@@H]2O[Si](C(C)(C)C)(C(C)(C)C)OC[C@H]2S[C@H]1Br. The molecule has 3 nitrogen and oxygen atoms in total. The molecule has 0 radical (unpaired) electrons. The van der Waals surface area contributed by atoms with Crippen molar-refractivity contribution in [3.8, 4) is 0 Å². The van der Waals surface area contributed by atoms with E-state index >= 15 is 0 Å². The van der Waals surface area contributed by atoms with E-state index < -0.39 is 16.9 Å². The van der Waals surface area contributed by atoms with E-state index in [0.717, 1.165) is 6.61 Å². The third-order valence-corrected chi connectivity index (χ3v) is 18.3. The molecule has 2 saturated heterocycles. The van der Waals surface area contributed by atoms with Gasteiger partial charge in [-0.05, 0) is 18.1 Å². The van der Waals surface area contributed by atoms with Crippen LogP contribution in [0.2, 0.25) is 28.2 Å². The van der Waals surface area contributed by atoms with Gasteiger partial charge in [0.25, 0.3) is 0 Å². The van der Waals surface area contributed by atoms with Crippen molar-refractivity contribution in [3.63, 3.8) is 0 Å². The van der Waals surface area contributed by atoms with E-state index in [4.69, 9.17) is 13.3 Å². The van der Waals surface area contributed by atoms with Crippen LogP contribution in [0.5, 0.6) is 0 Å². The molecular formula is C19H39BrO3SSi2. The fraction of sp³-hybridized carbons (Fsp3) is 1.00. The highest BCUT2D eigenvalue weighted by molar-refractivity contribution is 9.11. The van der Waals surface area contributed by atoms with Crippen molar-refractivity contribution in [2.24, 2.45) is 0 Å². The summed E-state index contributed by atoms with van der Waals surface area (Å²) < 4.78 is 20.8. The van der Waals surface area contributed by atoms with Crippen molar-refractivity contribution in [1.82, 2.24) is 0 Å². The summed E-state index contributed by atoms with van der Waals surface area (Å²) >= 11 is 5.81. The minimum atomic E-state index is -2.46. The first kappa shape index (κ1) is 23.4. The Bertz CT molecular complexity index is 508. The Morgan fingerprint density at radius 2 is 1.50 bits per heavy atom. The molecule has 26 heavy (non-hydrogen) atoms. The van der Waals surface area contributed by atoms with Crippen molar-refractivity contribution in [3.05, 3.63) is 0 Å². The molecule has 0 spiro atoms.